The quantitative estimate of drug-likeness (QED) is 0.850. The van der Waals surface area contributed by atoms with Crippen molar-refractivity contribution in [2.75, 3.05) is 0 Å². The van der Waals surface area contributed by atoms with Crippen LogP contribution in [-0.2, 0) is 0 Å². The van der Waals surface area contributed by atoms with Crippen LogP contribution in [0.3, 0.4) is 0 Å². The lowest BCUT2D eigenvalue weighted by Crippen LogP contribution is -2.05. The molecule has 4 nitrogen and oxygen atoms in total. The zero-order chi connectivity index (χ0) is 13.7. The molecule has 1 aliphatic rings. The van der Waals surface area contributed by atoms with Crippen molar-refractivity contribution in [1.82, 2.24) is 5.43 Å². The van der Waals surface area contributed by atoms with Gasteiger partial charge in [-0.05, 0) is 36.7 Å². The van der Waals surface area contributed by atoms with E-state index in [0.29, 0.717) is 15.8 Å². The summed E-state index contributed by atoms with van der Waals surface area (Å²) in [5, 5.41) is 5.70. The highest BCUT2D eigenvalue weighted by atomic mass is 35.5. The first-order valence-corrected chi connectivity index (χ1v) is 7.23. The number of hydrogen-bond acceptors (Lipinski definition) is 3. The van der Waals surface area contributed by atoms with E-state index in [2.05, 4.69) is 22.4 Å². The molecule has 0 saturated heterocycles. The Morgan fingerprint density at radius 3 is 2.95 bits per heavy atom. The first kappa shape index (κ1) is 14.1. The number of hydrogen-bond donors (Lipinski definition) is 0. The maximum absolute atomic E-state index is 11.9. The third-order valence-electron chi connectivity index (χ3n) is 2.50. The van der Waals surface area contributed by atoms with Crippen molar-refractivity contribution in [2.45, 2.75) is 26.2 Å². The molecule has 0 unspecified atom stereocenters. The molecule has 0 bridgehead atoms. The average molecular weight is 295 g/mol. The molecule has 1 aromatic carbocycles. The number of carbonyl (C=O) groups excluding carboxylic acids is 1. The minimum Gasteiger partial charge on any atom is -0.267 e. The molecular formula is C13H13ClN3OS. The fourth-order valence-corrected chi connectivity index (χ4v) is 2.47. The van der Waals surface area contributed by atoms with Crippen LogP contribution in [0.1, 0.15) is 36.5 Å². The summed E-state index contributed by atoms with van der Waals surface area (Å²) in [7, 11) is 0. The number of benzene rings is 1. The van der Waals surface area contributed by atoms with Crippen LogP contribution in [0.5, 0.6) is 0 Å². The van der Waals surface area contributed by atoms with Crippen molar-refractivity contribution in [3.05, 3.63) is 34.9 Å². The average Bonchev–Trinajstić information content (AvgIpc) is 2.84. The third-order valence-corrected chi connectivity index (χ3v) is 3.71. The number of halogens is 1. The predicted octanol–water partition coefficient (Wildman–Crippen LogP) is 3.69. The van der Waals surface area contributed by atoms with Gasteiger partial charge in [0.1, 0.15) is 5.04 Å². The lowest BCUT2D eigenvalue weighted by atomic mass is 10.2. The fourth-order valence-electron chi connectivity index (χ4n) is 1.50. The van der Waals surface area contributed by atoms with Gasteiger partial charge in [-0.1, -0.05) is 37.1 Å². The smallest absolute Gasteiger partial charge is 0.267 e. The summed E-state index contributed by atoms with van der Waals surface area (Å²) >= 11 is 7.29. The summed E-state index contributed by atoms with van der Waals surface area (Å²) in [6, 6.07) is 6.83. The highest BCUT2D eigenvalue weighted by molar-refractivity contribution is 8.26. The molecule has 0 saturated carbocycles. The molecule has 99 valence electrons. The van der Waals surface area contributed by atoms with Crippen molar-refractivity contribution in [3.63, 3.8) is 0 Å². The molecule has 19 heavy (non-hydrogen) atoms. The largest absolute Gasteiger partial charge is 0.281 e. The number of amidine groups is 1. The molecule has 0 aliphatic carbocycles. The maximum Gasteiger partial charge on any atom is 0.281 e. The second-order valence-electron chi connectivity index (χ2n) is 3.98. The van der Waals surface area contributed by atoms with E-state index >= 15 is 0 Å². The van der Waals surface area contributed by atoms with Crippen LogP contribution in [-0.4, -0.2) is 16.1 Å². The Morgan fingerprint density at radius 1 is 1.42 bits per heavy atom. The van der Waals surface area contributed by atoms with Crippen molar-refractivity contribution in [1.29, 1.82) is 0 Å². The van der Waals surface area contributed by atoms with Gasteiger partial charge in [-0.2, -0.15) is 4.99 Å². The van der Waals surface area contributed by atoms with Crippen molar-refractivity contribution in [3.8, 4) is 0 Å². The Morgan fingerprint density at radius 2 is 2.21 bits per heavy atom. The molecule has 6 heteroatoms. The summed E-state index contributed by atoms with van der Waals surface area (Å²) in [5.41, 5.74) is 4.29. The molecule has 0 N–H and O–H groups in total. The normalized spacial score (nSPS) is 16.3. The van der Waals surface area contributed by atoms with E-state index in [9.17, 15) is 4.79 Å². The van der Waals surface area contributed by atoms with E-state index < -0.39 is 0 Å². The van der Waals surface area contributed by atoms with Gasteiger partial charge in [0.2, 0.25) is 5.17 Å². The minimum absolute atomic E-state index is 0.384. The van der Waals surface area contributed by atoms with Gasteiger partial charge >= 0.3 is 0 Å². The van der Waals surface area contributed by atoms with E-state index in [1.165, 1.54) is 11.8 Å². The van der Waals surface area contributed by atoms with Crippen LogP contribution >= 0.6 is 23.4 Å². The number of amides is 1. The van der Waals surface area contributed by atoms with Crippen LogP contribution in [0, 0.1) is 0 Å². The van der Waals surface area contributed by atoms with Gasteiger partial charge in [-0.3, -0.25) is 4.79 Å². The van der Waals surface area contributed by atoms with E-state index in [0.717, 1.165) is 24.3 Å². The van der Waals surface area contributed by atoms with Gasteiger partial charge in [0.05, 0.1) is 10.6 Å². The van der Waals surface area contributed by atoms with Gasteiger partial charge in [-0.15, -0.1) is 10.5 Å². The SMILES string of the molecule is CCCCC1=N[N]C(=NC(=O)c2ccccc2Cl)S1. The maximum atomic E-state index is 11.9. The zero-order valence-corrected chi connectivity index (χ0v) is 12.0. The molecule has 1 amide bonds. The molecular weight excluding hydrogens is 282 g/mol. The molecule has 2 rings (SSSR count). The third kappa shape index (κ3) is 3.81. The van der Waals surface area contributed by atoms with E-state index in [1.54, 1.807) is 24.3 Å². The van der Waals surface area contributed by atoms with Crippen molar-refractivity contribution < 1.29 is 4.79 Å². The molecule has 1 radical (unpaired) electrons. The first-order chi connectivity index (χ1) is 9.20. The Bertz CT molecular complexity index is 542. The lowest BCUT2D eigenvalue weighted by molar-refractivity contribution is 0.100. The van der Waals surface area contributed by atoms with Gasteiger partial charge in [-0.25, -0.2) is 0 Å². The van der Waals surface area contributed by atoms with Crippen LogP contribution in [0.2, 0.25) is 5.02 Å². The van der Waals surface area contributed by atoms with Crippen LogP contribution in [0.4, 0.5) is 0 Å². The molecule has 1 aromatic rings. The fraction of sp³-hybridized carbons (Fsp3) is 0.308. The lowest BCUT2D eigenvalue weighted by Gasteiger charge is -1.98. The molecule has 1 heterocycles. The second kappa shape index (κ2) is 6.73. The molecule has 0 fully saturated rings. The summed E-state index contributed by atoms with van der Waals surface area (Å²) in [6.45, 7) is 2.12. The van der Waals surface area contributed by atoms with Gasteiger partial charge in [0.15, 0.2) is 0 Å². The Hall–Kier alpha value is -1.33. The summed E-state index contributed by atoms with van der Waals surface area (Å²) < 4.78 is 0. The molecule has 0 spiro atoms. The minimum atomic E-state index is -0.385. The van der Waals surface area contributed by atoms with Crippen LogP contribution in [0.25, 0.3) is 0 Å². The van der Waals surface area contributed by atoms with E-state index in [1.807, 2.05) is 0 Å². The number of carbonyl (C=O) groups is 1. The number of nitrogens with zero attached hydrogens (tertiary/aromatic N) is 3. The second-order valence-corrected chi connectivity index (χ2v) is 5.43. The number of rotatable bonds is 4. The van der Waals surface area contributed by atoms with Gasteiger partial charge in [0.25, 0.3) is 5.91 Å². The van der Waals surface area contributed by atoms with Gasteiger partial charge < -0.3 is 0 Å². The Labute approximate surface area is 121 Å². The van der Waals surface area contributed by atoms with Crippen LogP contribution < -0.4 is 5.43 Å². The number of unbranched alkanes of at least 4 members (excludes halogenated alkanes) is 1. The van der Waals surface area contributed by atoms with Crippen molar-refractivity contribution >= 4 is 39.5 Å². The Balaban J connectivity index is 2.01. The Kier molecular flexibility index (Phi) is 4.99. The molecule has 0 atom stereocenters. The van der Waals surface area contributed by atoms with Crippen LogP contribution in [0.15, 0.2) is 34.4 Å². The summed E-state index contributed by atoms with van der Waals surface area (Å²) in [4.78, 5) is 15.9. The monoisotopic (exact) mass is 294 g/mol. The molecule has 1 aliphatic heterocycles. The topological polar surface area (TPSA) is 55.9 Å². The standard InChI is InChI=1S/C13H13ClN3OS/c1-2-3-8-11-16-17-13(19-11)15-12(18)9-6-4-5-7-10(9)14/h4-7H,2-3,8H2,1H3. The highest BCUT2D eigenvalue weighted by Gasteiger charge is 2.18. The zero-order valence-electron chi connectivity index (χ0n) is 10.5. The van der Waals surface area contributed by atoms with Crippen molar-refractivity contribution in [2.24, 2.45) is 10.1 Å². The summed E-state index contributed by atoms with van der Waals surface area (Å²) in [6.07, 6.45) is 3.04. The number of thioether (sulfide) groups is 1. The highest BCUT2D eigenvalue weighted by Crippen LogP contribution is 2.20. The predicted molar refractivity (Wildman–Crippen MR) is 79.9 cm³/mol. The van der Waals surface area contributed by atoms with Gasteiger partial charge in [0, 0.05) is 0 Å². The molecule has 0 aromatic heterocycles. The van der Waals surface area contributed by atoms with E-state index in [-0.39, 0.29) is 5.91 Å². The number of aliphatic imine (C=N–C) groups is 1. The van der Waals surface area contributed by atoms with E-state index in [4.69, 9.17) is 11.6 Å². The first-order valence-electron chi connectivity index (χ1n) is 6.03. The summed E-state index contributed by atoms with van der Waals surface area (Å²) in [5.74, 6) is -0.385.